The van der Waals surface area contributed by atoms with E-state index < -0.39 is 22.3 Å². The molecule has 0 heterocycles. The van der Waals surface area contributed by atoms with Gasteiger partial charge in [-0.1, -0.05) is 22.9 Å². The van der Waals surface area contributed by atoms with Crippen molar-refractivity contribution in [2.75, 3.05) is 13.6 Å². The quantitative estimate of drug-likeness (QED) is 0.487. The van der Waals surface area contributed by atoms with E-state index in [0.29, 0.717) is 6.54 Å². The lowest BCUT2D eigenvalue weighted by Crippen LogP contribution is -2.31. The number of carbonyl (C=O) groups excluding carboxylic acids is 1. The molecule has 0 bridgehead atoms. The van der Waals surface area contributed by atoms with Crippen LogP contribution in [-0.4, -0.2) is 34.2 Å². The van der Waals surface area contributed by atoms with Crippen molar-refractivity contribution < 1.29 is 14.1 Å². The molecule has 0 aliphatic heterocycles. The van der Waals surface area contributed by atoms with Crippen molar-refractivity contribution >= 4 is 27.5 Å². The van der Waals surface area contributed by atoms with Gasteiger partial charge in [-0.2, -0.15) is 0 Å². The van der Waals surface area contributed by atoms with Gasteiger partial charge in [0, 0.05) is 24.5 Å². The first kappa shape index (κ1) is 14.6. The molecule has 1 aromatic carbocycles. The van der Waals surface area contributed by atoms with Crippen LogP contribution >= 0.6 is 15.9 Å². The van der Waals surface area contributed by atoms with E-state index in [1.54, 1.807) is 0 Å². The Bertz CT molecular complexity index is 479. The molecule has 1 rings (SSSR count). The van der Waals surface area contributed by atoms with Crippen molar-refractivity contribution in [1.82, 2.24) is 4.90 Å². The van der Waals surface area contributed by atoms with Crippen LogP contribution in [0.3, 0.4) is 0 Å². The Kier molecular flexibility index (Phi) is 4.77. The molecule has 0 aromatic heterocycles. The van der Waals surface area contributed by atoms with Crippen LogP contribution in [0.5, 0.6) is 0 Å². The van der Waals surface area contributed by atoms with Gasteiger partial charge in [0.1, 0.15) is 11.4 Å². The molecule has 0 saturated carbocycles. The second-order valence-electron chi connectivity index (χ2n) is 3.89. The molecule has 5 nitrogen and oxygen atoms in total. The maximum atomic E-state index is 13.1. The maximum absolute atomic E-state index is 13.1. The van der Waals surface area contributed by atoms with Crippen LogP contribution in [0.15, 0.2) is 18.2 Å². The number of hydrogen-bond donors (Lipinski definition) is 0. The largest absolute Gasteiger partial charge is 0.340 e. The average molecular weight is 319 g/mol. The fraction of sp³-hybridized carbons (Fsp3) is 0.364. The number of benzene rings is 1. The molecule has 1 unspecified atom stereocenters. The fourth-order valence-electron chi connectivity index (χ4n) is 1.50. The van der Waals surface area contributed by atoms with Gasteiger partial charge in [-0.15, -0.1) is 0 Å². The van der Waals surface area contributed by atoms with Gasteiger partial charge < -0.3 is 4.90 Å². The number of alkyl halides is 1. The van der Waals surface area contributed by atoms with Crippen LogP contribution in [0.1, 0.15) is 17.3 Å². The van der Waals surface area contributed by atoms with Crippen LogP contribution < -0.4 is 0 Å². The topological polar surface area (TPSA) is 63.5 Å². The Hall–Kier alpha value is -1.50. The minimum atomic E-state index is -0.696. The smallest absolute Gasteiger partial charge is 0.282 e. The lowest BCUT2D eigenvalue weighted by Gasteiger charge is -2.18. The molecule has 1 amide bonds. The van der Waals surface area contributed by atoms with Crippen molar-refractivity contribution in [1.29, 1.82) is 0 Å². The zero-order chi connectivity index (χ0) is 13.9. The van der Waals surface area contributed by atoms with E-state index in [2.05, 4.69) is 15.9 Å². The SMILES string of the molecule is CC(Br)CN(C)C(=O)c1cc(F)ccc1[N+](=O)[O-]. The van der Waals surface area contributed by atoms with Gasteiger partial charge in [-0.25, -0.2) is 4.39 Å². The summed E-state index contributed by atoms with van der Waals surface area (Å²) in [4.78, 5) is 23.4. The van der Waals surface area contributed by atoms with Gasteiger partial charge in [0.05, 0.1) is 4.92 Å². The molecule has 0 spiro atoms. The summed E-state index contributed by atoms with van der Waals surface area (Å²) in [5.41, 5.74) is -0.633. The lowest BCUT2D eigenvalue weighted by molar-refractivity contribution is -0.385. The first-order valence-electron chi connectivity index (χ1n) is 5.16. The van der Waals surface area contributed by atoms with E-state index in [9.17, 15) is 19.3 Å². The highest BCUT2D eigenvalue weighted by atomic mass is 79.9. The summed E-state index contributed by atoms with van der Waals surface area (Å²) in [7, 11) is 1.51. The minimum Gasteiger partial charge on any atom is -0.340 e. The first-order valence-corrected chi connectivity index (χ1v) is 6.08. The monoisotopic (exact) mass is 318 g/mol. The standard InChI is InChI=1S/C11H12BrFN2O3/c1-7(12)6-14(2)11(16)9-5-8(13)3-4-10(9)15(17)18/h3-5,7H,6H2,1-2H3. The molecule has 0 saturated heterocycles. The molecule has 0 aliphatic carbocycles. The van der Waals surface area contributed by atoms with Crippen molar-refractivity contribution in [3.63, 3.8) is 0 Å². The third kappa shape index (κ3) is 3.49. The molecule has 1 aromatic rings. The van der Waals surface area contributed by atoms with Crippen LogP contribution in [0, 0.1) is 15.9 Å². The van der Waals surface area contributed by atoms with Gasteiger partial charge in [-0.05, 0) is 12.1 Å². The Morgan fingerprint density at radius 2 is 2.22 bits per heavy atom. The van der Waals surface area contributed by atoms with Gasteiger partial charge in [0.2, 0.25) is 0 Å². The summed E-state index contributed by atoms with van der Waals surface area (Å²) < 4.78 is 13.1. The van der Waals surface area contributed by atoms with Crippen molar-refractivity contribution in [2.24, 2.45) is 0 Å². The summed E-state index contributed by atoms with van der Waals surface area (Å²) in [6, 6.07) is 2.84. The summed E-state index contributed by atoms with van der Waals surface area (Å²) in [5, 5.41) is 10.8. The molecule has 18 heavy (non-hydrogen) atoms. The molecule has 98 valence electrons. The van der Waals surface area contributed by atoms with Gasteiger partial charge in [0.15, 0.2) is 0 Å². The van der Waals surface area contributed by atoms with Crippen LogP contribution in [-0.2, 0) is 0 Å². The number of nitro benzene ring substituents is 1. The molecule has 0 aliphatic rings. The van der Waals surface area contributed by atoms with E-state index in [4.69, 9.17) is 0 Å². The number of nitro groups is 1. The zero-order valence-corrected chi connectivity index (χ0v) is 11.5. The van der Waals surface area contributed by atoms with E-state index in [1.807, 2.05) is 6.92 Å². The summed E-state index contributed by atoms with van der Waals surface area (Å²) in [6.07, 6.45) is 0. The van der Waals surface area contributed by atoms with Crippen molar-refractivity contribution in [2.45, 2.75) is 11.8 Å². The molecule has 1 atom stereocenters. The van der Waals surface area contributed by atoms with E-state index in [1.165, 1.54) is 11.9 Å². The van der Waals surface area contributed by atoms with Gasteiger partial charge in [0.25, 0.3) is 11.6 Å². The lowest BCUT2D eigenvalue weighted by atomic mass is 10.1. The van der Waals surface area contributed by atoms with Crippen LogP contribution in [0.2, 0.25) is 0 Å². The third-order valence-corrected chi connectivity index (χ3v) is 2.55. The fourth-order valence-corrected chi connectivity index (χ4v) is 1.94. The number of halogens is 2. The Balaban J connectivity index is 3.11. The zero-order valence-electron chi connectivity index (χ0n) is 9.89. The van der Waals surface area contributed by atoms with E-state index >= 15 is 0 Å². The van der Waals surface area contributed by atoms with Crippen molar-refractivity contribution in [3.05, 3.63) is 39.7 Å². The van der Waals surface area contributed by atoms with Crippen LogP contribution in [0.4, 0.5) is 10.1 Å². The number of carbonyl (C=O) groups is 1. The predicted molar refractivity (Wildman–Crippen MR) is 68.4 cm³/mol. The van der Waals surface area contributed by atoms with Crippen LogP contribution in [0.25, 0.3) is 0 Å². The van der Waals surface area contributed by atoms with Gasteiger partial charge >= 0.3 is 0 Å². The molecule has 0 fully saturated rings. The highest BCUT2D eigenvalue weighted by Gasteiger charge is 2.23. The van der Waals surface area contributed by atoms with E-state index in [0.717, 1.165) is 18.2 Å². The van der Waals surface area contributed by atoms with Gasteiger partial charge in [-0.3, -0.25) is 14.9 Å². The number of nitrogens with zero attached hydrogens (tertiary/aromatic N) is 2. The molecule has 7 heteroatoms. The third-order valence-electron chi connectivity index (χ3n) is 2.26. The Labute approximate surface area is 112 Å². The maximum Gasteiger partial charge on any atom is 0.282 e. The average Bonchev–Trinajstić information content (AvgIpc) is 2.26. The summed E-state index contributed by atoms with van der Waals surface area (Å²) in [6.45, 7) is 2.20. The Morgan fingerprint density at radius 3 is 2.72 bits per heavy atom. The second-order valence-corrected chi connectivity index (χ2v) is 5.45. The molecular formula is C11H12BrFN2O3. The van der Waals surface area contributed by atoms with E-state index in [-0.39, 0.29) is 10.4 Å². The number of hydrogen-bond acceptors (Lipinski definition) is 3. The minimum absolute atomic E-state index is 0.0408. The summed E-state index contributed by atoms with van der Waals surface area (Å²) in [5.74, 6) is -1.25. The number of amides is 1. The normalized spacial score (nSPS) is 12.0. The Morgan fingerprint density at radius 1 is 1.61 bits per heavy atom. The van der Waals surface area contributed by atoms with Crippen molar-refractivity contribution in [3.8, 4) is 0 Å². The molecule has 0 N–H and O–H groups in total. The first-order chi connectivity index (χ1) is 8.32. The molecule has 0 radical (unpaired) electrons. The highest BCUT2D eigenvalue weighted by Crippen LogP contribution is 2.21. The number of rotatable bonds is 4. The highest BCUT2D eigenvalue weighted by molar-refractivity contribution is 9.09. The predicted octanol–water partition coefficient (Wildman–Crippen LogP) is 2.59. The molecular weight excluding hydrogens is 307 g/mol. The summed E-state index contributed by atoms with van der Waals surface area (Å²) >= 11 is 3.28. The second kappa shape index (κ2) is 5.90.